The van der Waals surface area contributed by atoms with E-state index in [9.17, 15) is 9.59 Å². The number of hydrogen-bond acceptors (Lipinski definition) is 4. The minimum Gasteiger partial charge on any atom is -0.481 e. The molecule has 1 aliphatic carbocycles. The highest BCUT2D eigenvalue weighted by molar-refractivity contribution is 5.90. The predicted molar refractivity (Wildman–Crippen MR) is 67.7 cm³/mol. The number of carboxylic acids is 2. The van der Waals surface area contributed by atoms with E-state index in [1.165, 1.54) is 25.2 Å². The SMILES string of the molecule is CC(C)NN.CC1(C(=O)O)C=CC=C(C(=O)O)C1. The van der Waals surface area contributed by atoms with Gasteiger partial charge in [0, 0.05) is 11.6 Å². The van der Waals surface area contributed by atoms with Crippen LogP contribution in [0, 0.1) is 5.41 Å². The van der Waals surface area contributed by atoms with Gasteiger partial charge in [-0.15, -0.1) is 0 Å². The number of nitrogens with two attached hydrogens (primary N) is 1. The molecule has 0 heterocycles. The molecule has 0 amide bonds. The number of rotatable bonds is 3. The Balaban J connectivity index is 0.000000494. The molecule has 6 nitrogen and oxygen atoms in total. The van der Waals surface area contributed by atoms with Gasteiger partial charge in [0.1, 0.15) is 0 Å². The van der Waals surface area contributed by atoms with E-state index in [1.54, 1.807) is 0 Å². The van der Waals surface area contributed by atoms with Gasteiger partial charge in [0.25, 0.3) is 0 Å². The molecule has 0 saturated carbocycles. The highest BCUT2D eigenvalue weighted by Crippen LogP contribution is 2.31. The lowest BCUT2D eigenvalue weighted by Gasteiger charge is -2.23. The van der Waals surface area contributed by atoms with E-state index in [2.05, 4.69) is 5.43 Å². The molecule has 0 aromatic heterocycles. The monoisotopic (exact) mass is 256 g/mol. The Kier molecular flexibility index (Phi) is 6.29. The zero-order valence-electron chi connectivity index (χ0n) is 10.8. The summed E-state index contributed by atoms with van der Waals surface area (Å²) in [5, 5.41) is 17.5. The van der Waals surface area contributed by atoms with Crippen LogP contribution in [0.5, 0.6) is 0 Å². The lowest BCUT2D eigenvalue weighted by atomic mass is 9.80. The Hall–Kier alpha value is -1.66. The third-order valence-electron chi connectivity index (χ3n) is 2.42. The van der Waals surface area contributed by atoms with Crippen LogP contribution in [0.3, 0.4) is 0 Å². The normalized spacial score (nSPS) is 21.9. The first kappa shape index (κ1) is 16.3. The van der Waals surface area contributed by atoms with Crippen LogP contribution in [-0.2, 0) is 9.59 Å². The van der Waals surface area contributed by atoms with Crippen LogP contribution in [0.25, 0.3) is 0 Å². The smallest absolute Gasteiger partial charge is 0.331 e. The Bertz CT molecular complexity index is 374. The second kappa shape index (κ2) is 6.93. The number of carboxylic acid groups (broad SMARTS) is 2. The van der Waals surface area contributed by atoms with Gasteiger partial charge < -0.3 is 10.2 Å². The molecule has 1 aliphatic rings. The van der Waals surface area contributed by atoms with E-state index in [1.807, 2.05) is 13.8 Å². The fourth-order valence-corrected chi connectivity index (χ4v) is 1.18. The van der Waals surface area contributed by atoms with Gasteiger partial charge in [-0.25, -0.2) is 4.79 Å². The molecular weight excluding hydrogens is 236 g/mol. The number of nitrogens with one attached hydrogen (secondary N) is 1. The number of hydrogen-bond donors (Lipinski definition) is 4. The van der Waals surface area contributed by atoms with Crippen molar-refractivity contribution in [2.24, 2.45) is 11.3 Å². The zero-order chi connectivity index (χ0) is 14.3. The van der Waals surface area contributed by atoms with Crippen LogP contribution in [0.1, 0.15) is 27.2 Å². The molecule has 0 radical (unpaired) electrons. The minimum absolute atomic E-state index is 0.0359. The van der Waals surface area contributed by atoms with Crippen molar-refractivity contribution >= 4 is 11.9 Å². The fourth-order valence-electron chi connectivity index (χ4n) is 1.18. The maximum absolute atomic E-state index is 10.8. The first-order valence-corrected chi connectivity index (χ1v) is 5.54. The number of allylic oxidation sites excluding steroid dienone is 2. The molecule has 5 N–H and O–H groups in total. The quantitative estimate of drug-likeness (QED) is 0.441. The van der Waals surface area contributed by atoms with Crippen LogP contribution < -0.4 is 11.3 Å². The molecule has 6 heteroatoms. The molecule has 0 saturated heterocycles. The van der Waals surface area contributed by atoms with Gasteiger partial charge in [0.05, 0.1) is 5.41 Å². The maximum atomic E-state index is 10.8. The van der Waals surface area contributed by atoms with E-state index in [0.29, 0.717) is 6.04 Å². The highest BCUT2D eigenvalue weighted by atomic mass is 16.4. The summed E-state index contributed by atoms with van der Waals surface area (Å²) in [4.78, 5) is 21.3. The largest absolute Gasteiger partial charge is 0.481 e. The van der Waals surface area contributed by atoms with Gasteiger partial charge in [-0.2, -0.15) is 0 Å². The van der Waals surface area contributed by atoms with Gasteiger partial charge >= 0.3 is 11.9 Å². The van der Waals surface area contributed by atoms with Crippen molar-refractivity contribution in [3.63, 3.8) is 0 Å². The summed E-state index contributed by atoms with van der Waals surface area (Å²) >= 11 is 0. The Morgan fingerprint density at radius 3 is 2.28 bits per heavy atom. The topological polar surface area (TPSA) is 113 Å². The lowest BCUT2D eigenvalue weighted by Crippen LogP contribution is -2.29. The van der Waals surface area contributed by atoms with Crippen molar-refractivity contribution in [3.05, 3.63) is 23.8 Å². The third kappa shape index (κ3) is 5.11. The Labute approximate surface area is 106 Å². The van der Waals surface area contributed by atoms with E-state index in [0.717, 1.165) is 0 Å². The first-order valence-electron chi connectivity index (χ1n) is 5.54. The third-order valence-corrected chi connectivity index (χ3v) is 2.42. The summed E-state index contributed by atoms with van der Waals surface area (Å²) < 4.78 is 0. The molecule has 1 unspecified atom stereocenters. The summed E-state index contributed by atoms with van der Waals surface area (Å²) in [5.41, 5.74) is 1.58. The highest BCUT2D eigenvalue weighted by Gasteiger charge is 2.34. The lowest BCUT2D eigenvalue weighted by molar-refractivity contribution is -0.145. The van der Waals surface area contributed by atoms with E-state index in [4.69, 9.17) is 16.1 Å². The maximum Gasteiger partial charge on any atom is 0.331 e. The molecule has 102 valence electrons. The van der Waals surface area contributed by atoms with Crippen LogP contribution in [0.2, 0.25) is 0 Å². The first-order chi connectivity index (χ1) is 8.23. The van der Waals surface area contributed by atoms with Gasteiger partial charge in [-0.05, 0) is 27.2 Å². The van der Waals surface area contributed by atoms with Crippen molar-refractivity contribution < 1.29 is 19.8 Å². The number of carbonyl (C=O) groups is 2. The van der Waals surface area contributed by atoms with Crippen LogP contribution in [0.4, 0.5) is 0 Å². The van der Waals surface area contributed by atoms with Crippen molar-refractivity contribution in [2.45, 2.75) is 33.2 Å². The number of hydrazine groups is 1. The molecule has 18 heavy (non-hydrogen) atoms. The molecule has 1 rings (SSSR count). The molecule has 1 atom stereocenters. The average Bonchev–Trinajstić information content (AvgIpc) is 2.29. The van der Waals surface area contributed by atoms with E-state index < -0.39 is 17.4 Å². The summed E-state index contributed by atoms with van der Waals surface area (Å²) in [6.45, 7) is 5.47. The van der Waals surface area contributed by atoms with Gasteiger partial charge in [-0.1, -0.05) is 18.2 Å². The van der Waals surface area contributed by atoms with Gasteiger partial charge in [-0.3, -0.25) is 16.1 Å². The molecule has 0 aliphatic heterocycles. The van der Waals surface area contributed by atoms with Crippen LogP contribution in [-0.4, -0.2) is 28.2 Å². The second-order valence-electron chi connectivity index (χ2n) is 4.58. The zero-order valence-corrected chi connectivity index (χ0v) is 10.8. The number of aliphatic carboxylic acids is 2. The van der Waals surface area contributed by atoms with Gasteiger partial charge in [0.2, 0.25) is 0 Å². The summed E-state index contributed by atoms with van der Waals surface area (Å²) in [6.07, 6.45) is 4.43. The summed E-state index contributed by atoms with van der Waals surface area (Å²) in [7, 11) is 0. The Morgan fingerprint density at radius 2 is 1.94 bits per heavy atom. The Morgan fingerprint density at radius 1 is 1.44 bits per heavy atom. The minimum atomic E-state index is -1.08. The predicted octanol–water partition coefficient (Wildman–Crippen LogP) is 0.906. The molecular formula is C12H20N2O4. The van der Waals surface area contributed by atoms with Crippen molar-refractivity contribution in [1.82, 2.24) is 5.43 Å². The second-order valence-corrected chi connectivity index (χ2v) is 4.58. The van der Waals surface area contributed by atoms with Crippen molar-refractivity contribution in [1.29, 1.82) is 0 Å². The van der Waals surface area contributed by atoms with E-state index >= 15 is 0 Å². The molecule has 0 bridgehead atoms. The summed E-state index contributed by atoms with van der Waals surface area (Å²) in [6, 6.07) is 0.412. The standard InChI is InChI=1S/C9H10O4.C3H10N2/c1-9(8(12)13)4-2-3-6(5-9)7(10)11;1-3(2)5-4/h2-4H,5H2,1H3,(H,10,11)(H,12,13);3,5H,4H2,1-2H3. The molecule has 0 aromatic rings. The van der Waals surface area contributed by atoms with Crippen molar-refractivity contribution in [2.75, 3.05) is 0 Å². The summed E-state index contributed by atoms with van der Waals surface area (Å²) in [5.74, 6) is 2.86. The molecule has 0 aromatic carbocycles. The average molecular weight is 256 g/mol. The van der Waals surface area contributed by atoms with Crippen molar-refractivity contribution in [3.8, 4) is 0 Å². The molecule has 0 fully saturated rings. The van der Waals surface area contributed by atoms with Gasteiger partial charge in [0.15, 0.2) is 0 Å². The van der Waals surface area contributed by atoms with Crippen LogP contribution in [0.15, 0.2) is 23.8 Å². The fraction of sp³-hybridized carbons (Fsp3) is 0.500. The van der Waals surface area contributed by atoms with Crippen LogP contribution >= 0.6 is 0 Å². The molecule has 0 spiro atoms. The van der Waals surface area contributed by atoms with E-state index in [-0.39, 0.29) is 12.0 Å².